The van der Waals surface area contributed by atoms with E-state index in [1.54, 1.807) is 35.8 Å². The van der Waals surface area contributed by atoms with E-state index < -0.39 is 0 Å². The summed E-state index contributed by atoms with van der Waals surface area (Å²) in [7, 11) is 1.76. The highest BCUT2D eigenvalue weighted by atomic mass is 32.2. The fraction of sp³-hybridized carbons (Fsp3) is 0.267. The third kappa shape index (κ3) is 3.01. The molecule has 0 unspecified atom stereocenters. The number of rotatable bonds is 4. The maximum absolute atomic E-state index is 12.3. The molecule has 2 rings (SSSR count). The predicted octanol–water partition coefficient (Wildman–Crippen LogP) is 2.98. The molecule has 0 saturated carbocycles. The molecule has 0 aromatic heterocycles. The molecule has 0 atom stereocenters. The number of nitrogens with zero attached hydrogens (tertiary/aromatic N) is 1. The number of aromatic hydroxyl groups is 1. The van der Waals surface area contributed by atoms with Gasteiger partial charge in [-0.15, -0.1) is 0 Å². The highest BCUT2D eigenvalue weighted by molar-refractivity contribution is 7.98. The molecule has 100 valence electrons. The van der Waals surface area contributed by atoms with Crippen molar-refractivity contribution in [1.82, 2.24) is 4.90 Å². The van der Waals surface area contributed by atoms with Gasteiger partial charge in [-0.05, 0) is 29.2 Å². The fourth-order valence-corrected chi connectivity index (χ4v) is 2.39. The first-order chi connectivity index (χ1) is 9.13. The van der Waals surface area contributed by atoms with E-state index in [0.29, 0.717) is 12.1 Å². The van der Waals surface area contributed by atoms with Crippen LogP contribution in [0.4, 0.5) is 0 Å². The zero-order valence-electron chi connectivity index (χ0n) is 11.1. The van der Waals surface area contributed by atoms with E-state index in [1.807, 2.05) is 30.5 Å². The van der Waals surface area contributed by atoms with Crippen molar-refractivity contribution in [2.75, 3.05) is 25.6 Å². The molecule has 0 spiro atoms. The number of carbonyl (C=O) groups is 1. The third-order valence-corrected chi connectivity index (χ3v) is 3.66. The Hall–Kier alpha value is -1.68. The Balaban J connectivity index is 2.33. The van der Waals surface area contributed by atoms with Crippen LogP contribution >= 0.6 is 11.8 Å². The number of thioether (sulfide) groups is 1. The lowest BCUT2D eigenvalue weighted by atomic mass is 10.1. The Labute approximate surface area is 117 Å². The number of benzene rings is 2. The minimum absolute atomic E-state index is 0.0414. The number of phenols is 1. The van der Waals surface area contributed by atoms with Crippen LogP contribution in [0.5, 0.6) is 5.75 Å². The van der Waals surface area contributed by atoms with Crippen molar-refractivity contribution in [2.24, 2.45) is 0 Å². The number of hydrogen-bond acceptors (Lipinski definition) is 3. The van der Waals surface area contributed by atoms with Gasteiger partial charge in [0, 0.05) is 19.3 Å². The number of hydrogen-bond donors (Lipinski definition) is 1. The van der Waals surface area contributed by atoms with E-state index >= 15 is 0 Å². The zero-order valence-corrected chi connectivity index (χ0v) is 11.9. The maximum atomic E-state index is 12.3. The van der Waals surface area contributed by atoms with Crippen molar-refractivity contribution >= 4 is 28.4 Å². The maximum Gasteiger partial charge on any atom is 0.257 e. The summed E-state index contributed by atoms with van der Waals surface area (Å²) in [5, 5.41) is 11.9. The molecule has 0 bridgehead atoms. The van der Waals surface area contributed by atoms with Crippen LogP contribution < -0.4 is 0 Å². The first-order valence-electron chi connectivity index (χ1n) is 6.09. The Morgan fingerprint density at radius 3 is 2.53 bits per heavy atom. The molecule has 0 radical (unpaired) electrons. The largest absolute Gasteiger partial charge is 0.507 e. The molecule has 0 aliphatic rings. The molecule has 2 aromatic rings. The Bertz CT molecular complexity index is 598. The SMILES string of the molecule is CSCCN(C)C(=O)c1cc2ccccc2cc1O. The molecule has 19 heavy (non-hydrogen) atoms. The number of amides is 1. The summed E-state index contributed by atoms with van der Waals surface area (Å²) >= 11 is 1.69. The van der Waals surface area contributed by atoms with Crippen molar-refractivity contribution < 1.29 is 9.90 Å². The van der Waals surface area contributed by atoms with Crippen molar-refractivity contribution in [2.45, 2.75) is 0 Å². The molecule has 0 heterocycles. The Morgan fingerprint density at radius 1 is 1.26 bits per heavy atom. The Morgan fingerprint density at radius 2 is 1.89 bits per heavy atom. The second-order valence-corrected chi connectivity index (χ2v) is 5.42. The quantitative estimate of drug-likeness (QED) is 0.932. The molecular formula is C15H17NO2S. The van der Waals surface area contributed by atoms with Crippen LogP contribution in [0.25, 0.3) is 10.8 Å². The molecule has 3 nitrogen and oxygen atoms in total. The van der Waals surface area contributed by atoms with Crippen LogP contribution in [0.1, 0.15) is 10.4 Å². The van der Waals surface area contributed by atoms with E-state index in [4.69, 9.17) is 0 Å². The first kappa shape index (κ1) is 13.7. The van der Waals surface area contributed by atoms with Gasteiger partial charge in [0.05, 0.1) is 5.56 Å². The van der Waals surface area contributed by atoms with Gasteiger partial charge in [-0.25, -0.2) is 0 Å². The molecule has 0 fully saturated rings. The summed E-state index contributed by atoms with van der Waals surface area (Å²) in [5.41, 5.74) is 0.363. The molecule has 4 heteroatoms. The zero-order chi connectivity index (χ0) is 13.8. The monoisotopic (exact) mass is 275 g/mol. The second-order valence-electron chi connectivity index (χ2n) is 4.44. The summed E-state index contributed by atoms with van der Waals surface area (Å²) in [6, 6.07) is 11.1. The van der Waals surface area contributed by atoms with Gasteiger partial charge in [0.2, 0.25) is 0 Å². The van der Waals surface area contributed by atoms with Crippen LogP contribution in [0.3, 0.4) is 0 Å². The second kappa shape index (κ2) is 5.97. The average Bonchev–Trinajstić information content (AvgIpc) is 2.43. The van der Waals surface area contributed by atoms with Gasteiger partial charge in [0.15, 0.2) is 0 Å². The summed E-state index contributed by atoms with van der Waals surface area (Å²) < 4.78 is 0. The molecular weight excluding hydrogens is 258 g/mol. The Kier molecular flexibility index (Phi) is 4.32. The number of phenolic OH excluding ortho intramolecular Hbond substituents is 1. The van der Waals surface area contributed by atoms with E-state index in [9.17, 15) is 9.90 Å². The predicted molar refractivity (Wildman–Crippen MR) is 81.0 cm³/mol. The van der Waals surface area contributed by atoms with Gasteiger partial charge in [0.25, 0.3) is 5.91 Å². The topological polar surface area (TPSA) is 40.5 Å². The van der Waals surface area contributed by atoms with Crippen LogP contribution in [0, 0.1) is 0 Å². The first-order valence-corrected chi connectivity index (χ1v) is 7.49. The molecule has 0 aliphatic heterocycles. The van der Waals surface area contributed by atoms with Crippen molar-refractivity contribution in [3.8, 4) is 5.75 Å². The van der Waals surface area contributed by atoms with Gasteiger partial charge in [-0.1, -0.05) is 24.3 Å². The molecule has 0 aliphatic carbocycles. The van der Waals surface area contributed by atoms with Gasteiger partial charge < -0.3 is 10.0 Å². The van der Waals surface area contributed by atoms with Crippen molar-refractivity contribution in [3.05, 3.63) is 42.0 Å². The number of fused-ring (bicyclic) bond motifs is 1. The van der Waals surface area contributed by atoms with Crippen LogP contribution in [0.2, 0.25) is 0 Å². The van der Waals surface area contributed by atoms with Gasteiger partial charge in [-0.2, -0.15) is 11.8 Å². The third-order valence-electron chi connectivity index (χ3n) is 3.07. The molecule has 1 amide bonds. The van der Waals surface area contributed by atoms with Crippen molar-refractivity contribution in [1.29, 1.82) is 0 Å². The minimum atomic E-state index is -0.141. The van der Waals surface area contributed by atoms with E-state index in [0.717, 1.165) is 16.5 Å². The van der Waals surface area contributed by atoms with Crippen molar-refractivity contribution in [3.63, 3.8) is 0 Å². The lowest BCUT2D eigenvalue weighted by molar-refractivity contribution is 0.0801. The fourth-order valence-electron chi connectivity index (χ4n) is 1.93. The highest BCUT2D eigenvalue weighted by Gasteiger charge is 2.16. The summed E-state index contributed by atoms with van der Waals surface area (Å²) in [6.07, 6.45) is 2.01. The van der Waals surface area contributed by atoms with E-state index in [2.05, 4.69) is 0 Å². The lowest BCUT2D eigenvalue weighted by Crippen LogP contribution is -2.28. The number of carbonyl (C=O) groups excluding carboxylic acids is 1. The van der Waals surface area contributed by atoms with Gasteiger partial charge in [0.1, 0.15) is 5.75 Å². The lowest BCUT2D eigenvalue weighted by Gasteiger charge is -2.17. The van der Waals surface area contributed by atoms with Gasteiger partial charge >= 0.3 is 0 Å². The van der Waals surface area contributed by atoms with Gasteiger partial charge in [-0.3, -0.25) is 4.79 Å². The standard InChI is InChI=1S/C15H17NO2S/c1-16(7-8-19-2)15(18)13-9-11-5-3-4-6-12(11)10-14(13)17/h3-6,9-10,17H,7-8H2,1-2H3. The van der Waals surface area contributed by atoms with Crippen LogP contribution in [-0.2, 0) is 0 Å². The highest BCUT2D eigenvalue weighted by Crippen LogP contribution is 2.25. The van der Waals surface area contributed by atoms with E-state index in [-0.39, 0.29) is 11.7 Å². The van der Waals surface area contributed by atoms with Crippen LogP contribution in [-0.4, -0.2) is 41.5 Å². The van der Waals surface area contributed by atoms with E-state index in [1.165, 1.54) is 0 Å². The van der Waals surface area contributed by atoms with Crippen LogP contribution in [0.15, 0.2) is 36.4 Å². The normalized spacial score (nSPS) is 10.6. The summed E-state index contributed by atoms with van der Waals surface area (Å²) in [6.45, 7) is 0.673. The summed E-state index contributed by atoms with van der Waals surface area (Å²) in [5.74, 6) is 0.786. The minimum Gasteiger partial charge on any atom is -0.507 e. The molecule has 1 N–H and O–H groups in total. The average molecular weight is 275 g/mol. The molecule has 0 saturated heterocycles. The smallest absolute Gasteiger partial charge is 0.257 e. The summed E-state index contributed by atoms with van der Waals surface area (Å²) in [4.78, 5) is 13.9. The molecule has 2 aromatic carbocycles.